The minimum atomic E-state index is -3.07. The SMILES string of the molecule is CC(C)(C)OC(=O)N1CCCC1C(=O)OC(Cc1c(Cl)c[n+]([O-])cc1Cl)c1ccc(OC(F)F)c(OCC2CC2)c1. The first kappa shape index (κ1) is 30.9. The Kier molecular flexibility index (Phi) is 9.69. The Bertz CT molecular complexity index is 1250. The number of aromatic nitrogens is 1. The Morgan fingerprint density at radius 3 is 2.41 bits per heavy atom. The van der Waals surface area contributed by atoms with Gasteiger partial charge in [0.1, 0.15) is 27.8 Å². The van der Waals surface area contributed by atoms with Crippen molar-refractivity contribution in [2.75, 3.05) is 13.2 Å². The van der Waals surface area contributed by atoms with Gasteiger partial charge in [-0.05, 0) is 70.1 Å². The molecule has 2 heterocycles. The molecule has 0 N–H and O–H groups in total. The van der Waals surface area contributed by atoms with Crippen LogP contribution in [0.25, 0.3) is 0 Å². The largest absolute Gasteiger partial charge is 0.619 e. The highest BCUT2D eigenvalue weighted by Crippen LogP contribution is 2.38. The van der Waals surface area contributed by atoms with Gasteiger partial charge in [-0.3, -0.25) is 4.90 Å². The minimum absolute atomic E-state index is 0.0488. The van der Waals surface area contributed by atoms with E-state index in [1.54, 1.807) is 20.8 Å². The minimum Gasteiger partial charge on any atom is -0.619 e. The number of carbonyl (C=O) groups is 2. The molecule has 1 amide bonds. The Hall–Kier alpha value is -3.05. The van der Waals surface area contributed by atoms with E-state index in [0.717, 1.165) is 25.2 Å². The lowest BCUT2D eigenvalue weighted by Gasteiger charge is -2.29. The van der Waals surface area contributed by atoms with E-state index in [2.05, 4.69) is 4.74 Å². The molecule has 2 unspecified atom stereocenters. The van der Waals surface area contributed by atoms with E-state index < -0.39 is 36.4 Å². The van der Waals surface area contributed by atoms with E-state index in [4.69, 9.17) is 37.4 Å². The second kappa shape index (κ2) is 12.9. The summed E-state index contributed by atoms with van der Waals surface area (Å²) in [6.45, 7) is 2.76. The van der Waals surface area contributed by atoms with Crippen molar-refractivity contribution in [2.24, 2.45) is 5.92 Å². The van der Waals surface area contributed by atoms with Crippen LogP contribution in [0.3, 0.4) is 0 Å². The highest BCUT2D eigenvalue weighted by molar-refractivity contribution is 6.35. The third-order valence-corrected chi connectivity index (χ3v) is 7.24. The summed E-state index contributed by atoms with van der Waals surface area (Å²) in [5.41, 5.74) is -0.0324. The van der Waals surface area contributed by atoms with Crippen molar-refractivity contribution in [3.63, 3.8) is 0 Å². The Balaban J connectivity index is 1.65. The number of hydrogen-bond donors (Lipinski definition) is 0. The van der Waals surface area contributed by atoms with Crippen molar-refractivity contribution in [1.82, 2.24) is 4.90 Å². The number of rotatable bonds is 10. The Morgan fingerprint density at radius 2 is 1.80 bits per heavy atom. The number of benzene rings is 1. The van der Waals surface area contributed by atoms with E-state index >= 15 is 0 Å². The molecule has 9 nitrogen and oxygen atoms in total. The zero-order valence-corrected chi connectivity index (χ0v) is 24.4. The zero-order chi connectivity index (χ0) is 29.9. The molecular formula is C28H32Cl2F2N2O7. The molecule has 1 aliphatic heterocycles. The van der Waals surface area contributed by atoms with Crippen LogP contribution in [0, 0.1) is 11.1 Å². The van der Waals surface area contributed by atoms with Crippen molar-refractivity contribution < 1.29 is 42.0 Å². The van der Waals surface area contributed by atoms with Gasteiger partial charge >= 0.3 is 18.7 Å². The smallest absolute Gasteiger partial charge is 0.411 e. The zero-order valence-electron chi connectivity index (χ0n) is 22.9. The second-order valence-corrected chi connectivity index (χ2v) is 11.9. The number of amides is 1. The summed E-state index contributed by atoms with van der Waals surface area (Å²) in [6.07, 6.45) is 3.40. The third-order valence-electron chi connectivity index (χ3n) is 6.59. The molecule has 1 aromatic carbocycles. The predicted octanol–water partition coefficient (Wildman–Crippen LogP) is 6.24. The van der Waals surface area contributed by atoms with Crippen LogP contribution in [0.15, 0.2) is 30.6 Å². The Morgan fingerprint density at radius 1 is 1.12 bits per heavy atom. The van der Waals surface area contributed by atoms with Gasteiger partial charge in [-0.15, -0.1) is 0 Å². The highest BCUT2D eigenvalue weighted by atomic mass is 35.5. The molecular weight excluding hydrogens is 585 g/mol. The molecule has 4 rings (SSSR count). The van der Waals surface area contributed by atoms with Gasteiger partial charge in [0.25, 0.3) is 0 Å². The molecule has 2 atom stereocenters. The van der Waals surface area contributed by atoms with Gasteiger partial charge in [0, 0.05) is 18.5 Å². The van der Waals surface area contributed by atoms with Gasteiger partial charge in [0.05, 0.1) is 6.61 Å². The number of nitrogens with zero attached hydrogens (tertiary/aromatic N) is 2. The first-order valence-corrected chi connectivity index (χ1v) is 14.0. The lowest BCUT2D eigenvalue weighted by Crippen LogP contribution is -2.44. The van der Waals surface area contributed by atoms with Crippen LogP contribution >= 0.6 is 23.2 Å². The number of carbonyl (C=O) groups excluding carboxylic acids is 2. The average molecular weight is 617 g/mol. The fourth-order valence-electron chi connectivity index (χ4n) is 4.43. The van der Waals surface area contributed by atoms with E-state index in [1.807, 2.05) is 0 Å². The highest BCUT2D eigenvalue weighted by Gasteiger charge is 2.39. The number of alkyl halides is 2. The van der Waals surface area contributed by atoms with E-state index in [-0.39, 0.29) is 28.0 Å². The van der Waals surface area contributed by atoms with Crippen molar-refractivity contribution in [2.45, 2.75) is 77.2 Å². The molecule has 41 heavy (non-hydrogen) atoms. The molecule has 224 valence electrons. The average Bonchev–Trinajstić information content (AvgIpc) is 3.55. The fraction of sp³-hybridized carbons (Fsp3) is 0.536. The lowest BCUT2D eigenvalue weighted by molar-refractivity contribution is -0.605. The van der Waals surface area contributed by atoms with Gasteiger partial charge in [0.15, 0.2) is 23.9 Å². The summed E-state index contributed by atoms with van der Waals surface area (Å²) >= 11 is 12.6. The number of esters is 1. The molecule has 0 radical (unpaired) electrons. The van der Waals surface area contributed by atoms with Gasteiger partial charge in [-0.25, -0.2) is 9.59 Å². The molecule has 0 spiro atoms. The van der Waals surface area contributed by atoms with Crippen LogP contribution in [0.5, 0.6) is 11.5 Å². The van der Waals surface area contributed by atoms with Crippen LogP contribution in [-0.4, -0.2) is 48.4 Å². The maximum absolute atomic E-state index is 13.5. The molecule has 2 aromatic rings. The van der Waals surface area contributed by atoms with E-state index in [0.29, 0.717) is 47.8 Å². The van der Waals surface area contributed by atoms with Gasteiger partial charge < -0.3 is 24.2 Å². The van der Waals surface area contributed by atoms with E-state index in [1.165, 1.54) is 23.1 Å². The fourth-order valence-corrected chi connectivity index (χ4v) is 5.03. The predicted molar refractivity (Wildman–Crippen MR) is 145 cm³/mol. The number of ether oxygens (including phenoxy) is 4. The summed E-state index contributed by atoms with van der Waals surface area (Å²) in [5, 5.41) is 11.9. The topological polar surface area (TPSA) is 101 Å². The quantitative estimate of drug-likeness (QED) is 0.177. The van der Waals surface area contributed by atoms with Gasteiger partial charge in [-0.1, -0.05) is 29.3 Å². The first-order valence-electron chi connectivity index (χ1n) is 13.3. The Labute approximate surface area is 246 Å². The summed E-state index contributed by atoms with van der Waals surface area (Å²) in [6, 6.07) is 3.35. The van der Waals surface area contributed by atoms with Crippen molar-refractivity contribution in [3.8, 4) is 11.5 Å². The molecule has 1 aliphatic carbocycles. The summed E-state index contributed by atoms with van der Waals surface area (Å²) < 4.78 is 48.5. The molecule has 13 heteroatoms. The van der Waals surface area contributed by atoms with Crippen LogP contribution in [0.2, 0.25) is 10.0 Å². The van der Waals surface area contributed by atoms with Crippen LogP contribution in [-0.2, 0) is 20.7 Å². The first-order chi connectivity index (χ1) is 19.3. The summed E-state index contributed by atoms with van der Waals surface area (Å²) in [7, 11) is 0. The van der Waals surface area contributed by atoms with E-state index in [9.17, 15) is 23.6 Å². The van der Waals surface area contributed by atoms with Crippen molar-refractivity contribution in [3.05, 3.63) is 57.0 Å². The van der Waals surface area contributed by atoms with Crippen molar-refractivity contribution >= 4 is 35.3 Å². The molecule has 2 aliphatic rings. The molecule has 1 saturated carbocycles. The standard InChI is InChI=1S/C28H32Cl2F2N2O7/c1-28(2,3)41-27(36)34-10-4-5-21(34)25(35)39-23(12-18-19(29)13-33(37)14-20(18)30)17-8-9-22(40-26(31)32)24(11-17)38-15-16-6-7-16/h8-9,11,13-14,16,21,23,26H,4-7,10,12,15H2,1-3H3. The van der Waals surface area contributed by atoms with Crippen LogP contribution in [0.1, 0.15) is 63.7 Å². The molecule has 2 fully saturated rings. The second-order valence-electron chi connectivity index (χ2n) is 11.1. The third kappa shape index (κ3) is 8.48. The normalized spacial score (nSPS) is 17.9. The number of likely N-dealkylation sites (tertiary alicyclic amines) is 1. The number of hydrogen-bond acceptors (Lipinski definition) is 7. The van der Waals surface area contributed by atoms with Gasteiger partial charge in [0.2, 0.25) is 0 Å². The molecule has 1 aromatic heterocycles. The van der Waals surface area contributed by atoms with Gasteiger partial charge in [-0.2, -0.15) is 13.5 Å². The lowest BCUT2D eigenvalue weighted by atomic mass is 10.0. The number of pyridine rings is 1. The monoisotopic (exact) mass is 616 g/mol. The summed E-state index contributed by atoms with van der Waals surface area (Å²) in [4.78, 5) is 27.6. The maximum Gasteiger partial charge on any atom is 0.411 e. The molecule has 1 saturated heterocycles. The van der Waals surface area contributed by atoms with Crippen LogP contribution in [0.4, 0.5) is 13.6 Å². The van der Waals surface area contributed by atoms with Crippen molar-refractivity contribution in [1.29, 1.82) is 0 Å². The van der Waals surface area contributed by atoms with Crippen LogP contribution < -0.4 is 14.2 Å². The maximum atomic E-state index is 13.5. The molecule has 0 bridgehead atoms. The number of halogens is 4. The summed E-state index contributed by atoms with van der Waals surface area (Å²) in [5.74, 6) is -0.457.